The van der Waals surface area contributed by atoms with Gasteiger partial charge in [-0.05, 0) is 70.6 Å². The zero-order valence-corrected chi connectivity index (χ0v) is 67.1. The smallest absolute Gasteiger partial charge is 0.462 e. The van der Waals surface area contributed by atoms with Crippen LogP contribution in [0.15, 0.2) is 85.1 Å². The number of carbonyl (C=O) groups excluding carboxylic acids is 2. The van der Waals surface area contributed by atoms with Crippen LogP contribution in [0.4, 0.5) is 0 Å². The average Bonchev–Trinajstić information content (AvgIpc) is 0.999. The van der Waals surface area contributed by atoms with Crippen LogP contribution in [0.2, 0.25) is 0 Å². The van der Waals surface area contributed by atoms with E-state index in [-0.39, 0.29) is 25.6 Å². The first-order valence-electron chi connectivity index (χ1n) is 42.8. The molecular formula is C89H165NO8P+. The Morgan fingerprint density at radius 1 is 0.323 bits per heavy atom. The molecule has 0 spiro atoms. The third kappa shape index (κ3) is 84.0. The maximum Gasteiger partial charge on any atom is 0.472 e. The van der Waals surface area contributed by atoms with E-state index in [9.17, 15) is 19.0 Å². The Bertz CT molecular complexity index is 1950. The van der Waals surface area contributed by atoms with Gasteiger partial charge >= 0.3 is 19.8 Å². The number of quaternary nitrogens is 1. The number of carbonyl (C=O) groups is 2. The summed E-state index contributed by atoms with van der Waals surface area (Å²) in [5, 5.41) is 0. The number of unbranched alkanes of at least 4 members (excludes halogenated alkanes) is 52. The predicted molar refractivity (Wildman–Crippen MR) is 432 cm³/mol. The van der Waals surface area contributed by atoms with Crippen LogP contribution in [0.25, 0.3) is 0 Å². The van der Waals surface area contributed by atoms with Gasteiger partial charge in [-0.1, -0.05) is 420 Å². The molecule has 0 aromatic heterocycles. The van der Waals surface area contributed by atoms with Crippen molar-refractivity contribution in [2.75, 3.05) is 47.5 Å². The Morgan fingerprint density at radius 2 is 0.576 bits per heavy atom. The molecule has 0 radical (unpaired) electrons. The molecule has 0 aromatic carbocycles. The van der Waals surface area contributed by atoms with Gasteiger partial charge in [0.2, 0.25) is 0 Å². The monoisotopic (exact) mass is 1410 g/mol. The number of esters is 2. The molecule has 2 atom stereocenters. The van der Waals surface area contributed by atoms with Crippen LogP contribution in [-0.4, -0.2) is 74.9 Å². The Morgan fingerprint density at radius 3 is 0.859 bits per heavy atom. The summed E-state index contributed by atoms with van der Waals surface area (Å²) >= 11 is 0. The van der Waals surface area contributed by atoms with Crippen molar-refractivity contribution in [3.8, 4) is 0 Å². The fraction of sp³-hybridized carbons (Fsp3) is 0.820. The molecule has 2 unspecified atom stereocenters. The Balaban J connectivity index is 3.90. The van der Waals surface area contributed by atoms with E-state index in [1.54, 1.807) is 0 Å². The van der Waals surface area contributed by atoms with E-state index in [2.05, 4.69) is 98.9 Å². The largest absolute Gasteiger partial charge is 0.472 e. The molecule has 0 aliphatic carbocycles. The van der Waals surface area contributed by atoms with Gasteiger partial charge in [0, 0.05) is 12.8 Å². The van der Waals surface area contributed by atoms with E-state index < -0.39 is 26.5 Å². The molecule has 0 aliphatic rings. The summed E-state index contributed by atoms with van der Waals surface area (Å²) in [4.78, 5) is 36.0. The molecule has 0 rings (SSSR count). The molecule has 578 valence electrons. The molecule has 0 heterocycles. The minimum absolute atomic E-state index is 0.0319. The van der Waals surface area contributed by atoms with Crippen LogP contribution < -0.4 is 0 Å². The third-order valence-electron chi connectivity index (χ3n) is 19.2. The first kappa shape index (κ1) is 96.2. The number of nitrogens with zero attached hydrogens (tertiary/aromatic N) is 1. The number of allylic oxidation sites excluding steroid dienone is 14. The molecule has 0 fully saturated rings. The lowest BCUT2D eigenvalue weighted by atomic mass is 10.0. The van der Waals surface area contributed by atoms with Crippen LogP contribution in [0.1, 0.15) is 418 Å². The van der Waals surface area contributed by atoms with Gasteiger partial charge < -0.3 is 18.9 Å². The Labute approximate surface area is 615 Å². The summed E-state index contributed by atoms with van der Waals surface area (Å²) in [7, 11) is 1.49. The van der Waals surface area contributed by atoms with Crippen molar-refractivity contribution in [3.05, 3.63) is 85.1 Å². The quantitative estimate of drug-likeness (QED) is 0.0211. The van der Waals surface area contributed by atoms with Crippen LogP contribution in [-0.2, 0) is 32.7 Å². The second kappa shape index (κ2) is 79.3. The highest BCUT2D eigenvalue weighted by molar-refractivity contribution is 7.47. The average molecular weight is 1410 g/mol. The van der Waals surface area contributed by atoms with Crippen molar-refractivity contribution >= 4 is 19.8 Å². The fourth-order valence-electron chi connectivity index (χ4n) is 12.7. The normalized spacial score (nSPS) is 13.4. The van der Waals surface area contributed by atoms with E-state index in [1.807, 2.05) is 21.1 Å². The molecule has 0 aromatic rings. The van der Waals surface area contributed by atoms with Gasteiger partial charge in [0.1, 0.15) is 19.8 Å². The number of phosphoric ester groups is 1. The number of rotatable bonds is 80. The zero-order valence-electron chi connectivity index (χ0n) is 66.2. The summed E-state index contributed by atoms with van der Waals surface area (Å²) in [6, 6.07) is 0. The minimum atomic E-state index is -4.40. The van der Waals surface area contributed by atoms with E-state index in [4.69, 9.17) is 18.5 Å². The maximum atomic E-state index is 12.9. The second-order valence-corrected chi connectivity index (χ2v) is 31.7. The van der Waals surface area contributed by atoms with Gasteiger partial charge in [0.25, 0.3) is 0 Å². The first-order valence-corrected chi connectivity index (χ1v) is 44.3. The molecule has 0 saturated carbocycles. The van der Waals surface area contributed by atoms with E-state index in [0.717, 1.165) is 77.0 Å². The van der Waals surface area contributed by atoms with Crippen LogP contribution >= 0.6 is 7.82 Å². The standard InChI is InChI=1S/C89H164NO8P/c1-6-8-10-12-14-16-18-20-22-24-26-28-30-32-34-36-38-40-42-44-46-47-49-51-53-55-57-59-61-63-65-67-69-71-73-75-77-79-81-88(91)95-85-87(86-97-99(93,94)96-84-83-90(3,4)5)98-89(92)82-80-78-76-74-72-70-68-66-64-62-60-58-56-54-52-50-48-45-43-41-39-37-35-33-31-29-27-25-23-21-19-17-15-13-11-9-7-2/h9,11,15,17,21,23,27,29,33,35,39,41,45,48,87H,6-8,10,12-14,16,18-20,22,24-26,28,30-32,34,36-38,40,42-44,46-47,49-86H2,1-5H3/p+1/b11-9-,17-15-,23-21-,29-27-,35-33-,41-39-,48-45-. The zero-order chi connectivity index (χ0) is 71.8. The number of ether oxygens (including phenoxy) is 2. The highest BCUT2D eigenvalue weighted by atomic mass is 31.2. The van der Waals surface area contributed by atoms with Gasteiger partial charge in [-0.25, -0.2) is 4.57 Å². The van der Waals surface area contributed by atoms with Crippen LogP contribution in [0, 0.1) is 0 Å². The van der Waals surface area contributed by atoms with Gasteiger partial charge in [0.15, 0.2) is 6.10 Å². The first-order chi connectivity index (χ1) is 48.5. The lowest BCUT2D eigenvalue weighted by molar-refractivity contribution is -0.870. The molecule has 99 heavy (non-hydrogen) atoms. The van der Waals surface area contributed by atoms with Crippen molar-refractivity contribution in [2.45, 2.75) is 424 Å². The highest BCUT2D eigenvalue weighted by Gasteiger charge is 2.27. The molecule has 0 saturated heterocycles. The lowest BCUT2D eigenvalue weighted by Gasteiger charge is -2.24. The molecule has 0 amide bonds. The Hall–Kier alpha value is -2.81. The predicted octanol–water partition coefficient (Wildman–Crippen LogP) is 28.8. The second-order valence-electron chi connectivity index (χ2n) is 30.2. The molecular weight excluding hydrogens is 1240 g/mol. The summed E-state index contributed by atoms with van der Waals surface area (Å²) in [6.45, 7) is 4.39. The van der Waals surface area contributed by atoms with E-state index >= 15 is 0 Å². The Kier molecular flexibility index (Phi) is 77.1. The van der Waals surface area contributed by atoms with Gasteiger partial charge in [-0.2, -0.15) is 0 Å². The molecule has 9 nitrogen and oxygen atoms in total. The van der Waals surface area contributed by atoms with Crippen molar-refractivity contribution in [1.29, 1.82) is 0 Å². The lowest BCUT2D eigenvalue weighted by Crippen LogP contribution is -2.37. The number of hydrogen-bond donors (Lipinski definition) is 1. The van der Waals surface area contributed by atoms with E-state index in [0.29, 0.717) is 23.9 Å². The third-order valence-corrected chi connectivity index (χ3v) is 20.2. The number of hydrogen-bond acceptors (Lipinski definition) is 7. The minimum Gasteiger partial charge on any atom is -0.462 e. The number of phosphoric acid groups is 1. The van der Waals surface area contributed by atoms with E-state index in [1.165, 1.54) is 308 Å². The molecule has 0 aliphatic heterocycles. The van der Waals surface area contributed by atoms with Gasteiger partial charge in [-0.15, -0.1) is 0 Å². The summed E-state index contributed by atoms with van der Waals surface area (Å²) in [5.41, 5.74) is 0. The summed E-state index contributed by atoms with van der Waals surface area (Å²) in [5.74, 6) is -0.779. The molecule has 10 heteroatoms. The van der Waals surface area contributed by atoms with Crippen LogP contribution in [0.5, 0.6) is 0 Å². The van der Waals surface area contributed by atoms with Crippen molar-refractivity contribution < 1.29 is 42.1 Å². The highest BCUT2D eigenvalue weighted by Crippen LogP contribution is 2.43. The van der Waals surface area contributed by atoms with Gasteiger partial charge in [-0.3, -0.25) is 18.6 Å². The maximum absolute atomic E-state index is 12.9. The van der Waals surface area contributed by atoms with Crippen molar-refractivity contribution in [1.82, 2.24) is 0 Å². The van der Waals surface area contributed by atoms with Crippen LogP contribution in [0.3, 0.4) is 0 Å². The SMILES string of the molecule is CC/C=C\C/C=C\C/C=C\C/C=C\C/C=C\C/C=C\C/C=C\CCCCCCCCCCCCCCCCCC(=O)OC(COC(=O)CCCCCCCCCCCCCCCCCCCCCCCCCCCCCCCCCCCCCCCC)COP(=O)(O)OCC[N+](C)(C)C. The number of likely N-dealkylation sites (N-methyl/N-ethyl adjacent to an activating group) is 1. The summed E-state index contributed by atoms with van der Waals surface area (Å²) < 4.78 is 34.9. The fourth-order valence-corrected chi connectivity index (χ4v) is 13.5. The van der Waals surface area contributed by atoms with Crippen molar-refractivity contribution in [2.24, 2.45) is 0 Å². The molecule has 1 N–H and O–H groups in total. The topological polar surface area (TPSA) is 108 Å². The van der Waals surface area contributed by atoms with Crippen molar-refractivity contribution in [3.63, 3.8) is 0 Å². The molecule has 0 bridgehead atoms. The van der Waals surface area contributed by atoms with Gasteiger partial charge in [0.05, 0.1) is 27.7 Å². The summed E-state index contributed by atoms with van der Waals surface area (Å²) in [6.07, 6.45) is 110.